The highest BCUT2D eigenvalue weighted by Crippen LogP contribution is 2.62. The Morgan fingerprint density at radius 3 is 2.62 bits per heavy atom. The van der Waals surface area contributed by atoms with E-state index in [1.165, 1.54) is 0 Å². The zero-order chi connectivity index (χ0) is 17.8. The molecular formula is C20H30O4. The summed E-state index contributed by atoms with van der Waals surface area (Å²) in [5, 5.41) is 22.5. The topological polar surface area (TPSA) is 70.7 Å². The van der Waals surface area contributed by atoms with Crippen molar-refractivity contribution in [3.05, 3.63) is 24.2 Å². The molecule has 0 saturated heterocycles. The van der Waals surface area contributed by atoms with Crippen molar-refractivity contribution in [2.45, 2.75) is 71.5 Å². The molecule has 3 rings (SSSR count). The van der Waals surface area contributed by atoms with Crippen LogP contribution in [0.15, 0.2) is 23.0 Å². The summed E-state index contributed by atoms with van der Waals surface area (Å²) in [6.07, 6.45) is 6.36. The van der Waals surface area contributed by atoms with E-state index in [0.29, 0.717) is 12.8 Å². The van der Waals surface area contributed by atoms with E-state index in [-0.39, 0.29) is 17.1 Å². The molecule has 0 amide bonds. The van der Waals surface area contributed by atoms with Crippen molar-refractivity contribution in [3.8, 4) is 0 Å². The molecule has 0 aromatic carbocycles. The summed E-state index contributed by atoms with van der Waals surface area (Å²) < 4.78 is 5.13. The number of furan rings is 1. The Kier molecular flexibility index (Phi) is 4.20. The van der Waals surface area contributed by atoms with Crippen LogP contribution in [0.2, 0.25) is 0 Å². The minimum Gasteiger partial charge on any atom is -0.472 e. The van der Waals surface area contributed by atoms with E-state index >= 15 is 0 Å². The average Bonchev–Trinajstić information content (AvgIpc) is 3.02. The molecule has 0 spiro atoms. The van der Waals surface area contributed by atoms with Crippen LogP contribution in [0.1, 0.15) is 58.9 Å². The predicted octanol–water partition coefficient (Wildman–Crippen LogP) is 3.36. The van der Waals surface area contributed by atoms with Crippen LogP contribution in [-0.4, -0.2) is 27.7 Å². The minimum atomic E-state index is -1.11. The van der Waals surface area contributed by atoms with Gasteiger partial charge >= 0.3 is 0 Å². The van der Waals surface area contributed by atoms with Crippen LogP contribution in [0.25, 0.3) is 0 Å². The highest BCUT2D eigenvalue weighted by atomic mass is 16.3. The molecular weight excluding hydrogens is 304 g/mol. The van der Waals surface area contributed by atoms with Gasteiger partial charge in [0.25, 0.3) is 0 Å². The molecule has 134 valence electrons. The highest BCUT2D eigenvalue weighted by molar-refractivity contribution is 5.88. The number of aliphatic hydroxyl groups excluding tert-OH is 1. The van der Waals surface area contributed by atoms with E-state index in [4.69, 9.17) is 4.42 Å². The van der Waals surface area contributed by atoms with Gasteiger partial charge in [-0.1, -0.05) is 34.1 Å². The van der Waals surface area contributed by atoms with Crippen molar-refractivity contribution < 1.29 is 19.4 Å². The van der Waals surface area contributed by atoms with E-state index in [1.807, 2.05) is 6.07 Å². The maximum atomic E-state index is 12.8. The Bertz CT molecular complexity index is 605. The average molecular weight is 334 g/mol. The van der Waals surface area contributed by atoms with Gasteiger partial charge < -0.3 is 14.6 Å². The maximum absolute atomic E-state index is 12.8. The van der Waals surface area contributed by atoms with Crippen molar-refractivity contribution in [2.75, 3.05) is 0 Å². The van der Waals surface area contributed by atoms with Crippen molar-refractivity contribution in [2.24, 2.45) is 22.7 Å². The molecule has 1 heterocycles. The Morgan fingerprint density at radius 1 is 1.29 bits per heavy atom. The van der Waals surface area contributed by atoms with Crippen LogP contribution < -0.4 is 0 Å². The summed E-state index contributed by atoms with van der Waals surface area (Å²) in [5.74, 6) is -0.978. The molecule has 2 aliphatic carbocycles. The third-order valence-corrected chi connectivity index (χ3v) is 7.16. The Labute approximate surface area is 144 Å². The zero-order valence-electron chi connectivity index (χ0n) is 15.2. The molecule has 1 aromatic rings. The van der Waals surface area contributed by atoms with Gasteiger partial charge in [-0.05, 0) is 42.7 Å². The summed E-state index contributed by atoms with van der Waals surface area (Å²) in [6.45, 7) is 8.11. The van der Waals surface area contributed by atoms with Gasteiger partial charge in [0.1, 0.15) is 6.10 Å². The molecule has 24 heavy (non-hydrogen) atoms. The van der Waals surface area contributed by atoms with E-state index in [1.54, 1.807) is 19.5 Å². The van der Waals surface area contributed by atoms with E-state index in [9.17, 15) is 15.0 Å². The fourth-order valence-corrected chi connectivity index (χ4v) is 5.77. The van der Waals surface area contributed by atoms with Crippen LogP contribution in [0.3, 0.4) is 0 Å². The first-order valence-electron chi connectivity index (χ1n) is 9.09. The molecule has 4 heteroatoms. The molecule has 0 bridgehead atoms. The Morgan fingerprint density at radius 2 is 2.00 bits per heavy atom. The number of hydrogen-bond acceptors (Lipinski definition) is 4. The zero-order valence-corrected chi connectivity index (χ0v) is 15.2. The first kappa shape index (κ1) is 17.7. The first-order chi connectivity index (χ1) is 11.1. The molecule has 2 fully saturated rings. The SMILES string of the molecule is CC1C(=O)C(O)C2C(C)(C)CCCC2(C)C1(O)CCc1ccoc1. The molecule has 0 aliphatic heterocycles. The van der Waals surface area contributed by atoms with Gasteiger partial charge in [0.15, 0.2) is 5.78 Å². The molecule has 0 radical (unpaired) electrons. The van der Waals surface area contributed by atoms with Crippen LogP contribution in [0, 0.1) is 22.7 Å². The van der Waals surface area contributed by atoms with Gasteiger partial charge in [-0.2, -0.15) is 0 Å². The van der Waals surface area contributed by atoms with Gasteiger partial charge in [0, 0.05) is 17.3 Å². The molecule has 2 saturated carbocycles. The summed E-state index contributed by atoms with van der Waals surface area (Å²) in [4.78, 5) is 12.8. The molecule has 2 N–H and O–H groups in total. The lowest BCUT2D eigenvalue weighted by molar-refractivity contribution is -0.233. The number of rotatable bonds is 3. The highest BCUT2D eigenvalue weighted by Gasteiger charge is 2.66. The molecule has 1 aromatic heterocycles. The Balaban J connectivity index is 2.00. The predicted molar refractivity (Wildman–Crippen MR) is 91.4 cm³/mol. The van der Waals surface area contributed by atoms with Gasteiger partial charge in [0.05, 0.1) is 18.1 Å². The number of aryl methyl sites for hydroxylation is 1. The second kappa shape index (κ2) is 5.70. The van der Waals surface area contributed by atoms with Gasteiger partial charge in [0.2, 0.25) is 0 Å². The molecule has 4 nitrogen and oxygen atoms in total. The maximum Gasteiger partial charge on any atom is 0.167 e. The second-order valence-corrected chi connectivity index (χ2v) is 8.86. The van der Waals surface area contributed by atoms with E-state index in [0.717, 1.165) is 24.8 Å². The normalized spacial score (nSPS) is 41.9. The molecule has 2 aliphatic rings. The summed E-state index contributed by atoms with van der Waals surface area (Å²) in [6, 6.07) is 1.90. The van der Waals surface area contributed by atoms with Crippen LogP contribution in [-0.2, 0) is 11.2 Å². The number of Topliss-reactive ketones (excluding diaryl/α,β-unsaturated/α-hetero) is 1. The number of aliphatic hydroxyl groups is 2. The third kappa shape index (κ3) is 2.38. The fourth-order valence-electron chi connectivity index (χ4n) is 5.77. The fraction of sp³-hybridized carbons (Fsp3) is 0.750. The van der Waals surface area contributed by atoms with Crippen molar-refractivity contribution in [1.29, 1.82) is 0 Å². The third-order valence-electron chi connectivity index (χ3n) is 7.16. The Hall–Kier alpha value is -1.13. The summed E-state index contributed by atoms with van der Waals surface area (Å²) in [5.41, 5.74) is -0.704. The molecule has 5 unspecified atom stereocenters. The van der Waals surface area contributed by atoms with Crippen LogP contribution in [0.4, 0.5) is 0 Å². The van der Waals surface area contributed by atoms with Gasteiger partial charge in [-0.3, -0.25) is 4.79 Å². The number of carbonyl (C=O) groups is 1. The van der Waals surface area contributed by atoms with Gasteiger partial charge in [-0.25, -0.2) is 0 Å². The quantitative estimate of drug-likeness (QED) is 0.889. The van der Waals surface area contributed by atoms with Gasteiger partial charge in [-0.15, -0.1) is 0 Å². The van der Waals surface area contributed by atoms with Crippen LogP contribution in [0.5, 0.6) is 0 Å². The monoisotopic (exact) mass is 334 g/mol. The van der Waals surface area contributed by atoms with Crippen molar-refractivity contribution >= 4 is 5.78 Å². The second-order valence-electron chi connectivity index (χ2n) is 8.86. The smallest absolute Gasteiger partial charge is 0.167 e. The lowest BCUT2D eigenvalue weighted by Crippen LogP contribution is -2.69. The number of ketones is 1. The van der Waals surface area contributed by atoms with E-state index in [2.05, 4.69) is 20.8 Å². The minimum absolute atomic E-state index is 0.161. The lowest BCUT2D eigenvalue weighted by atomic mass is 9.43. The standard InChI is InChI=1S/C20H30O4/c1-13-15(21)16(22)17-18(2,3)8-5-9-19(17,4)20(13,23)10-6-14-7-11-24-12-14/h7,11-13,16-17,22-23H,5-6,8-10H2,1-4H3. The number of fused-ring (bicyclic) bond motifs is 1. The number of carbonyl (C=O) groups excluding carboxylic acids is 1. The van der Waals surface area contributed by atoms with E-state index < -0.39 is 23.0 Å². The summed E-state index contributed by atoms with van der Waals surface area (Å²) >= 11 is 0. The number of hydrogen-bond donors (Lipinski definition) is 2. The molecule has 5 atom stereocenters. The van der Waals surface area contributed by atoms with Crippen LogP contribution >= 0.6 is 0 Å². The largest absolute Gasteiger partial charge is 0.472 e. The lowest BCUT2D eigenvalue weighted by Gasteiger charge is -2.63. The summed E-state index contributed by atoms with van der Waals surface area (Å²) in [7, 11) is 0. The van der Waals surface area contributed by atoms with Crippen molar-refractivity contribution in [1.82, 2.24) is 0 Å². The first-order valence-corrected chi connectivity index (χ1v) is 9.09. The van der Waals surface area contributed by atoms with Crippen molar-refractivity contribution in [3.63, 3.8) is 0 Å².